The largest absolute Gasteiger partial charge is 0.477 e. The van der Waals surface area contributed by atoms with E-state index in [2.05, 4.69) is 4.90 Å². The highest BCUT2D eigenvalue weighted by molar-refractivity contribution is 5.98. The number of hydrogen-bond acceptors (Lipinski definition) is 4. The number of likely N-dealkylation sites (tertiary alicyclic amines) is 1. The van der Waals surface area contributed by atoms with Crippen LogP contribution < -0.4 is 11.2 Å². The van der Waals surface area contributed by atoms with Gasteiger partial charge in [-0.3, -0.25) is 4.79 Å². The Labute approximate surface area is 171 Å². The summed E-state index contributed by atoms with van der Waals surface area (Å²) in [5.74, 6) is -2.62. The van der Waals surface area contributed by atoms with E-state index >= 15 is 4.39 Å². The normalized spacial score (nSPS) is 15.6. The Morgan fingerprint density at radius 2 is 1.80 bits per heavy atom. The van der Waals surface area contributed by atoms with Crippen LogP contribution in [0, 0.1) is 11.6 Å². The molecule has 0 atom stereocenters. The number of halogens is 2. The Kier molecular flexibility index (Phi) is 5.03. The van der Waals surface area contributed by atoms with Crippen LogP contribution in [0.25, 0.3) is 16.6 Å². The molecule has 8 heteroatoms. The Balaban J connectivity index is 2.04. The van der Waals surface area contributed by atoms with E-state index in [0.717, 1.165) is 38.2 Å². The fourth-order valence-electron chi connectivity index (χ4n) is 4.17. The van der Waals surface area contributed by atoms with E-state index in [1.54, 1.807) is 0 Å². The number of aromatic carboxylic acids is 1. The van der Waals surface area contributed by atoms with Crippen LogP contribution in [-0.2, 0) is 0 Å². The molecule has 0 radical (unpaired) electrons. The van der Waals surface area contributed by atoms with Crippen LogP contribution in [0.2, 0.25) is 0 Å². The zero-order valence-electron chi connectivity index (χ0n) is 16.4. The van der Waals surface area contributed by atoms with E-state index in [9.17, 15) is 19.1 Å². The van der Waals surface area contributed by atoms with Gasteiger partial charge in [-0.1, -0.05) is 0 Å². The summed E-state index contributed by atoms with van der Waals surface area (Å²) in [5, 5.41) is 9.34. The first-order valence-electron chi connectivity index (χ1n) is 9.63. The van der Waals surface area contributed by atoms with Crippen molar-refractivity contribution in [2.24, 2.45) is 0 Å². The topological polar surface area (TPSA) is 88.6 Å². The number of nitrogen functional groups attached to an aromatic ring is 1. The minimum atomic E-state index is -1.43. The first-order chi connectivity index (χ1) is 14.3. The van der Waals surface area contributed by atoms with E-state index in [1.165, 1.54) is 28.8 Å². The lowest BCUT2D eigenvalue weighted by Gasteiger charge is -2.30. The number of aromatic nitrogens is 1. The smallest absolute Gasteiger partial charge is 0.341 e. The average molecular weight is 413 g/mol. The van der Waals surface area contributed by atoms with Crippen molar-refractivity contribution in [2.45, 2.75) is 18.8 Å². The lowest BCUT2D eigenvalue weighted by atomic mass is 9.87. The predicted molar refractivity (Wildman–Crippen MR) is 110 cm³/mol. The molecule has 0 amide bonds. The molecule has 1 fully saturated rings. The molecule has 3 N–H and O–H groups in total. The van der Waals surface area contributed by atoms with Gasteiger partial charge in [-0.05, 0) is 69.2 Å². The average Bonchev–Trinajstić information content (AvgIpc) is 2.70. The molecule has 3 aromatic rings. The lowest BCUT2D eigenvalue weighted by Crippen LogP contribution is -2.30. The van der Waals surface area contributed by atoms with Crippen molar-refractivity contribution in [2.75, 3.05) is 25.9 Å². The third-order valence-electron chi connectivity index (χ3n) is 5.78. The van der Waals surface area contributed by atoms with Crippen molar-refractivity contribution < 1.29 is 18.7 Å². The number of nitrogens with zero attached hydrogens (tertiary/aromatic N) is 2. The van der Waals surface area contributed by atoms with Gasteiger partial charge in [0.25, 0.3) is 0 Å². The Morgan fingerprint density at radius 1 is 1.17 bits per heavy atom. The van der Waals surface area contributed by atoms with Crippen LogP contribution in [0.1, 0.15) is 34.7 Å². The molecule has 0 unspecified atom stereocenters. The summed E-state index contributed by atoms with van der Waals surface area (Å²) >= 11 is 0. The SMILES string of the molecule is CN1CCC(c2c(F)cc3c(=O)c(C(=O)O)cn(-c4ccc(F)cc4)c3c2N)CC1. The number of piperidine rings is 1. The van der Waals surface area contributed by atoms with Gasteiger partial charge in [0, 0.05) is 17.4 Å². The molecule has 6 nitrogen and oxygen atoms in total. The maximum atomic E-state index is 15.1. The summed E-state index contributed by atoms with van der Waals surface area (Å²) in [6, 6.07) is 6.41. The van der Waals surface area contributed by atoms with Crippen molar-refractivity contribution in [3.05, 3.63) is 69.5 Å². The van der Waals surface area contributed by atoms with Crippen molar-refractivity contribution in [1.82, 2.24) is 9.47 Å². The molecule has 1 aliphatic rings. The Hall–Kier alpha value is -3.26. The summed E-state index contributed by atoms with van der Waals surface area (Å²) < 4.78 is 30.0. The van der Waals surface area contributed by atoms with E-state index in [-0.39, 0.29) is 22.5 Å². The molecule has 4 rings (SSSR count). The maximum absolute atomic E-state index is 15.1. The van der Waals surface area contributed by atoms with E-state index < -0.39 is 28.6 Å². The highest BCUT2D eigenvalue weighted by Gasteiger charge is 2.27. The summed E-state index contributed by atoms with van der Waals surface area (Å²) in [4.78, 5) is 26.5. The molecule has 30 heavy (non-hydrogen) atoms. The molecule has 1 saturated heterocycles. The number of carboxylic acids is 1. The molecule has 156 valence electrons. The fourth-order valence-corrected chi connectivity index (χ4v) is 4.17. The number of benzene rings is 2. The maximum Gasteiger partial charge on any atom is 0.341 e. The molecule has 0 spiro atoms. The van der Waals surface area contributed by atoms with Crippen molar-refractivity contribution in [1.29, 1.82) is 0 Å². The zero-order chi connectivity index (χ0) is 21.6. The van der Waals surface area contributed by atoms with Crippen LogP contribution in [0.15, 0.2) is 41.3 Å². The highest BCUT2D eigenvalue weighted by Crippen LogP contribution is 2.37. The van der Waals surface area contributed by atoms with Crippen molar-refractivity contribution in [3.63, 3.8) is 0 Å². The zero-order valence-corrected chi connectivity index (χ0v) is 16.4. The van der Waals surface area contributed by atoms with Crippen LogP contribution in [-0.4, -0.2) is 40.7 Å². The van der Waals surface area contributed by atoms with Crippen LogP contribution in [0.5, 0.6) is 0 Å². The minimum absolute atomic E-state index is 0.109. The predicted octanol–water partition coefficient (Wildman–Crippen LogP) is 3.36. The Bertz CT molecular complexity index is 1200. The van der Waals surface area contributed by atoms with E-state index in [4.69, 9.17) is 5.73 Å². The van der Waals surface area contributed by atoms with Gasteiger partial charge in [-0.25, -0.2) is 13.6 Å². The van der Waals surface area contributed by atoms with Crippen LogP contribution in [0.3, 0.4) is 0 Å². The molecule has 0 saturated carbocycles. The number of anilines is 1. The van der Waals surface area contributed by atoms with Crippen molar-refractivity contribution in [3.8, 4) is 5.69 Å². The molecular formula is C22H21F2N3O3. The number of pyridine rings is 1. The standard InChI is InChI=1S/C22H21F2N3O3/c1-26-8-6-12(7-9-26)18-17(24)10-15-20(19(18)25)27(11-16(21(15)28)22(29)30)14-4-2-13(23)3-5-14/h2-5,10-12H,6-9,25H2,1H3,(H,29,30). The third-order valence-corrected chi connectivity index (χ3v) is 5.78. The molecular weight excluding hydrogens is 392 g/mol. The highest BCUT2D eigenvalue weighted by atomic mass is 19.1. The van der Waals surface area contributed by atoms with Crippen LogP contribution in [0.4, 0.5) is 14.5 Å². The van der Waals surface area contributed by atoms with Gasteiger partial charge in [-0.2, -0.15) is 0 Å². The number of hydrogen-bond donors (Lipinski definition) is 2. The van der Waals surface area contributed by atoms with Crippen molar-refractivity contribution >= 4 is 22.6 Å². The summed E-state index contributed by atoms with van der Waals surface area (Å²) in [6.07, 6.45) is 2.60. The quantitative estimate of drug-likeness (QED) is 0.643. The van der Waals surface area contributed by atoms with Gasteiger partial charge >= 0.3 is 5.97 Å². The second-order valence-corrected chi connectivity index (χ2v) is 7.68. The molecule has 0 aliphatic carbocycles. The molecule has 1 aliphatic heterocycles. The second-order valence-electron chi connectivity index (χ2n) is 7.68. The van der Waals surface area contributed by atoms with Gasteiger partial charge in [-0.15, -0.1) is 0 Å². The molecule has 1 aromatic heterocycles. The number of carbonyl (C=O) groups is 1. The van der Waals surface area contributed by atoms with Gasteiger partial charge < -0.3 is 20.3 Å². The summed E-state index contributed by atoms with van der Waals surface area (Å²) in [5.41, 5.74) is 6.18. The number of nitrogens with two attached hydrogens (primary N) is 1. The van der Waals surface area contributed by atoms with E-state index in [0.29, 0.717) is 11.3 Å². The third kappa shape index (κ3) is 3.33. The molecule has 2 aromatic carbocycles. The summed E-state index contributed by atoms with van der Waals surface area (Å²) in [6.45, 7) is 1.59. The first-order valence-corrected chi connectivity index (χ1v) is 9.63. The molecule has 0 bridgehead atoms. The summed E-state index contributed by atoms with van der Waals surface area (Å²) in [7, 11) is 2.00. The van der Waals surface area contributed by atoms with Crippen LogP contribution >= 0.6 is 0 Å². The lowest BCUT2D eigenvalue weighted by molar-refractivity contribution is 0.0695. The van der Waals surface area contributed by atoms with Gasteiger partial charge in [0.1, 0.15) is 17.2 Å². The Morgan fingerprint density at radius 3 is 2.40 bits per heavy atom. The monoisotopic (exact) mass is 413 g/mol. The number of carboxylic acid groups (broad SMARTS) is 1. The molecule has 2 heterocycles. The number of rotatable bonds is 3. The van der Waals surface area contributed by atoms with E-state index in [1.807, 2.05) is 7.05 Å². The number of fused-ring (bicyclic) bond motifs is 1. The van der Waals surface area contributed by atoms with Gasteiger partial charge in [0.05, 0.1) is 16.6 Å². The minimum Gasteiger partial charge on any atom is -0.477 e. The fraction of sp³-hybridized carbons (Fsp3) is 0.273. The van der Waals surface area contributed by atoms with Gasteiger partial charge in [0.2, 0.25) is 5.43 Å². The second kappa shape index (κ2) is 7.53. The van der Waals surface area contributed by atoms with Gasteiger partial charge in [0.15, 0.2) is 0 Å². The first kappa shape index (κ1) is 20.0.